The number of carbonyl (C=O) groups is 1. The minimum absolute atomic E-state index is 0.101. The molecule has 1 aromatic rings. The smallest absolute Gasteiger partial charge is 0.147 e. The van der Waals surface area contributed by atoms with Crippen LogP contribution >= 0.6 is 39.1 Å². The zero-order valence-electron chi connectivity index (χ0n) is 7.40. The van der Waals surface area contributed by atoms with Crippen LogP contribution in [-0.4, -0.2) is 11.1 Å². The second-order valence-electron chi connectivity index (χ2n) is 2.86. The topological polar surface area (TPSA) is 17.1 Å². The Hall–Kier alpha value is -0.0500. The lowest BCUT2D eigenvalue weighted by Gasteiger charge is -2.07. The third kappa shape index (κ3) is 2.97. The molecule has 0 spiro atoms. The van der Waals surface area contributed by atoms with Gasteiger partial charge in [-0.15, -0.1) is 11.6 Å². The van der Waals surface area contributed by atoms with Crippen molar-refractivity contribution in [1.82, 2.24) is 0 Å². The zero-order valence-corrected chi connectivity index (χ0v) is 10.5. The second-order valence-corrected chi connectivity index (χ2v) is 4.10. The minimum Gasteiger partial charge on any atom is -0.298 e. The van der Waals surface area contributed by atoms with E-state index in [1.807, 2.05) is 12.1 Å². The molecular weight excluding hydrogens is 287 g/mol. The maximum Gasteiger partial charge on any atom is 0.147 e. The summed E-state index contributed by atoms with van der Waals surface area (Å²) < 4.78 is 0. The first-order valence-electron chi connectivity index (χ1n) is 4.09. The Morgan fingerprint density at radius 3 is 2.71 bits per heavy atom. The zero-order chi connectivity index (χ0) is 10.6. The van der Waals surface area contributed by atoms with E-state index in [0.29, 0.717) is 22.7 Å². The molecule has 4 heteroatoms. The summed E-state index contributed by atoms with van der Waals surface area (Å²) in [6, 6.07) is 5.49. The van der Waals surface area contributed by atoms with Crippen LogP contribution in [0, 0.1) is 0 Å². The Morgan fingerprint density at radius 2 is 2.14 bits per heavy atom. The average Bonchev–Trinajstić information content (AvgIpc) is 2.20. The molecule has 14 heavy (non-hydrogen) atoms. The fraction of sp³-hybridized carbons (Fsp3) is 0.300. The highest BCUT2D eigenvalue weighted by atomic mass is 79.9. The molecule has 0 unspecified atom stereocenters. The van der Waals surface area contributed by atoms with Crippen molar-refractivity contribution in [3.63, 3.8) is 0 Å². The van der Waals surface area contributed by atoms with Gasteiger partial charge in [-0.2, -0.15) is 0 Å². The molecule has 0 saturated carbocycles. The monoisotopic (exact) mass is 294 g/mol. The first-order valence-corrected chi connectivity index (χ1v) is 6.12. The summed E-state index contributed by atoms with van der Waals surface area (Å²) in [6.45, 7) is 0. The van der Waals surface area contributed by atoms with Gasteiger partial charge in [0.1, 0.15) is 5.78 Å². The van der Waals surface area contributed by atoms with Crippen molar-refractivity contribution in [1.29, 1.82) is 0 Å². The lowest BCUT2D eigenvalue weighted by atomic mass is 10.0. The fourth-order valence-electron chi connectivity index (χ4n) is 1.17. The van der Waals surface area contributed by atoms with Gasteiger partial charge in [0.15, 0.2) is 0 Å². The molecule has 0 N–H and O–H groups in total. The van der Waals surface area contributed by atoms with Crippen molar-refractivity contribution in [3.05, 3.63) is 34.3 Å². The lowest BCUT2D eigenvalue weighted by Crippen LogP contribution is -2.06. The van der Waals surface area contributed by atoms with Gasteiger partial charge in [-0.1, -0.05) is 39.7 Å². The molecule has 0 bridgehead atoms. The predicted octanol–water partition coefficient (Wildman–Crippen LogP) is 3.59. The van der Waals surface area contributed by atoms with E-state index in [0.717, 1.165) is 11.1 Å². The maximum absolute atomic E-state index is 11.3. The summed E-state index contributed by atoms with van der Waals surface area (Å²) in [7, 11) is 0. The van der Waals surface area contributed by atoms with E-state index in [4.69, 9.17) is 23.2 Å². The van der Waals surface area contributed by atoms with E-state index in [-0.39, 0.29) is 5.78 Å². The number of halogens is 3. The normalized spacial score (nSPS) is 10.2. The lowest BCUT2D eigenvalue weighted by molar-refractivity contribution is -0.115. The summed E-state index contributed by atoms with van der Waals surface area (Å²) in [6.07, 6.45) is 0.340. The van der Waals surface area contributed by atoms with Crippen LogP contribution < -0.4 is 0 Å². The molecule has 0 atom stereocenters. The van der Waals surface area contributed by atoms with Gasteiger partial charge in [0.25, 0.3) is 0 Å². The van der Waals surface area contributed by atoms with Crippen molar-refractivity contribution in [2.75, 3.05) is 5.33 Å². The number of benzene rings is 1. The predicted molar refractivity (Wildman–Crippen MR) is 63.5 cm³/mol. The number of hydrogen-bond donors (Lipinski definition) is 0. The molecule has 0 amide bonds. The van der Waals surface area contributed by atoms with Gasteiger partial charge in [0.05, 0.1) is 5.33 Å². The van der Waals surface area contributed by atoms with E-state index in [2.05, 4.69) is 15.9 Å². The van der Waals surface area contributed by atoms with Gasteiger partial charge in [-0.25, -0.2) is 0 Å². The summed E-state index contributed by atoms with van der Waals surface area (Å²) in [4.78, 5) is 11.3. The SMILES string of the molecule is O=C(CBr)Cc1c(Cl)cccc1CCl. The molecule has 0 aliphatic heterocycles. The van der Waals surface area contributed by atoms with Gasteiger partial charge in [0, 0.05) is 17.3 Å². The Morgan fingerprint density at radius 1 is 1.43 bits per heavy atom. The average molecular weight is 296 g/mol. The van der Waals surface area contributed by atoms with E-state index >= 15 is 0 Å². The highest BCUT2D eigenvalue weighted by molar-refractivity contribution is 9.09. The molecule has 0 fully saturated rings. The van der Waals surface area contributed by atoms with Crippen molar-refractivity contribution in [2.24, 2.45) is 0 Å². The standard InChI is InChI=1S/C10H9BrCl2O/c11-5-8(14)4-9-7(6-12)2-1-3-10(9)13/h1-3H,4-6H2. The van der Waals surface area contributed by atoms with Crippen LogP contribution in [0.5, 0.6) is 0 Å². The van der Waals surface area contributed by atoms with Crippen LogP contribution in [0.25, 0.3) is 0 Å². The molecule has 1 rings (SSSR count). The molecule has 1 nitrogen and oxygen atoms in total. The van der Waals surface area contributed by atoms with Crippen LogP contribution in [0.3, 0.4) is 0 Å². The molecule has 0 saturated heterocycles. The van der Waals surface area contributed by atoms with Crippen LogP contribution in [0.2, 0.25) is 5.02 Å². The number of rotatable bonds is 4. The van der Waals surface area contributed by atoms with Gasteiger partial charge >= 0.3 is 0 Å². The highest BCUT2D eigenvalue weighted by Crippen LogP contribution is 2.22. The highest BCUT2D eigenvalue weighted by Gasteiger charge is 2.09. The first kappa shape index (κ1) is 12.0. The molecule has 0 aromatic heterocycles. The van der Waals surface area contributed by atoms with E-state index in [1.54, 1.807) is 6.07 Å². The van der Waals surface area contributed by atoms with Crippen molar-refractivity contribution in [2.45, 2.75) is 12.3 Å². The van der Waals surface area contributed by atoms with Gasteiger partial charge in [0.2, 0.25) is 0 Å². The Labute approximate surface area is 102 Å². The molecule has 0 aliphatic carbocycles. The molecule has 0 radical (unpaired) electrons. The van der Waals surface area contributed by atoms with Crippen molar-refractivity contribution in [3.8, 4) is 0 Å². The number of carbonyl (C=O) groups excluding carboxylic acids is 1. The second kappa shape index (κ2) is 5.74. The van der Waals surface area contributed by atoms with Crippen LogP contribution in [0.15, 0.2) is 18.2 Å². The first-order chi connectivity index (χ1) is 6.69. The summed E-state index contributed by atoms with van der Waals surface area (Å²) >= 11 is 14.8. The number of Topliss-reactive ketones (excluding diaryl/α,β-unsaturated/α-hetero) is 1. The van der Waals surface area contributed by atoms with Crippen LogP contribution in [0.1, 0.15) is 11.1 Å². The third-order valence-electron chi connectivity index (χ3n) is 1.88. The quantitative estimate of drug-likeness (QED) is 0.776. The fourth-order valence-corrected chi connectivity index (χ4v) is 1.88. The van der Waals surface area contributed by atoms with Gasteiger partial charge < -0.3 is 0 Å². The van der Waals surface area contributed by atoms with E-state index < -0.39 is 0 Å². The Balaban J connectivity index is 2.98. The van der Waals surface area contributed by atoms with Crippen molar-refractivity contribution >= 4 is 44.9 Å². The molecule has 0 aliphatic rings. The number of ketones is 1. The van der Waals surface area contributed by atoms with E-state index in [1.165, 1.54) is 0 Å². The summed E-state index contributed by atoms with van der Waals surface area (Å²) in [5, 5.41) is 0.956. The van der Waals surface area contributed by atoms with Gasteiger partial charge in [-0.05, 0) is 17.2 Å². The summed E-state index contributed by atoms with van der Waals surface area (Å²) in [5.74, 6) is 0.482. The van der Waals surface area contributed by atoms with Gasteiger partial charge in [-0.3, -0.25) is 4.79 Å². The number of hydrogen-bond acceptors (Lipinski definition) is 1. The Kier molecular flexibility index (Phi) is 4.93. The maximum atomic E-state index is 11.3. The van der Waals surface area contributed by atoms with Crippen molar-refractivity contribution < 1.29 is 4.79 Å². The molecule has 1 aromatic carbocycles. The molecule has 0 heterocycles. The Bertz CT molecular complexity index is 339. The largest absolute Gasteiger partial charge is 0.298 e. The van der Waals surface area contributed by atoms with Crippen LogP contribution in [-0.2, 0) is 17.1 Å². The number of alkyl halides is 2. The molecule has 76 valence electrons. The minimum atomic E-state index is 0.101. The third-order valence-corrected chi connectivity index (χ3v) is 3.15. The summed E-state index contributed by atoms with van der Waals surface area (Å²) in [5.41, 5.74) is 1.77. The van der Waals surface area contributed by atoms with Crippen LogP contribution in [0.4, 0.5) is 0 Å². The molecular formula is C10H9BrCl2O. The van der Waals surface area contributed by atoms with E-state index in [9.17, 15) is 4.79 Å².